The van der Waals surface area contributed by atoms with Gasteiger partial charge in [0.25, 0.3) is 0 Å². The Labute approximate surface area is 113 Å². The monoisotopic (exact) mass is 260 g/mol. The summed E-state index contributed by atoms with van der Waals surface area (Å²) in [6.07, 6.45) is 2.56. The first kappa shape index (κ1) is 12.5. The Bertz CT molecular complexity index is 446. The van der Waals surface area contributed by atoms with Crippen LogP contribution in [0, 0.1) is 0 Å². The summed E-state index contributed by atoms with van der Waals surface area (Å²) in [6.45, 7) is 4.37. The minimum atomic E-state index is -0.241. The first-order valence-electron chi connectivity index (χ1n) is 7.04. The highest BCUT2D eigenvalue weighted by Gasteiger charge is 2.32. The zero-order chi connectivity index (χ0) is 13.2. The predicted octanol–water partition coefficient (Wildman–Crippen LogP) is 1.80. The summed E-state index contributed by atoms with van der Waals surface area (Å²) in [6, 6.07) is 9.02. The molecule has 2 aliphatic heterocycles. The number of carbonyl (C=O) groups excluding carboxylic acids is 1. The van der Waals surface area contributed by atoms with Gasteiger partial charge in [0.15, 0.2) is 0 Å². The zero-order valence-corrected chi connectivity index (χ0v) is 11.3. The van der Waals surface area contributed by atoms with Crippen LogP contribution in [0.25, 0.3) is 0 Å². The van der Waals surface area contributed by atoms with Crippen molar-refractivity contribution in [3.05, 3.63) is 29.8 Å². The van der Waals surface area contributed by atoms with Crippen LogP contribution in [0.5, 0.6) is 0 Å². The zero-order valence-electron chi connectivity index (χ0n) is 11.3. The molecule has 2 fully saturated rings. The number of carbonyl (C=O) groups is 1. The third-order valence-corrected chi connectivity index (χ3v) is 3.96. The number of anilines is 1. The van der Waals surface area contributed by atoms with Gasteiger partial charge in [0.05, 0.1) is 12.2 Å². The van der Waals surface area contributed by atoms with Crippen molar-refractivity contribution in [1.82, 2.24) is 5.32 Å². The molecule has 4 heteroatoms. The Morgan fingerprint density at radius 2 is 1.89 bits per heavy atom. The first-order chi connectivity index (χ1) is 9.26. The van der Waals surface area contributed by atoms with Crippen molar-refractivity contribution in [2.24, 2.45) is 0 Å². The number of hydrogen-bond donors (Lipinski definition) is 1. The molecule has 0 amide bonds. The lowest BCUT2D eigenvalue weighted by atomic mass is 10.1. The summed E-state index contributed by atoms with van der Waals surface area (Å²) in [4.78, 5) is 14.0. The highest BCUT2D eigenvalue weighted by Crippen LogP contribution is 2.25. The Hall–Kier alpha value is -1.55. The Balaban J connectivity index is 1.70. The van der Waals surface area contributed by atoms with Gasteiger partial charge in [-0.25, -0.2) is 4.79 Å². The second kappa shape index (κ2) is 5.21. The van der Waals surface area contributed by atoms with Crippen molar-refractivity contribution in [2.75, 3.05) is 24.6 Å². The van der Waals surface area contributed by atoms with Gasteiger partial charge < -0.3 is 15.0 Å². The molecular weight excluding hydrogens is 240 g/mol. The second-order valence-electron chi connectivity index (χ2n) is 5.31. The van der Waals surface area contributed by atoms with Crippen LogP contribution in [0.4, 0.5) is 5.69 Å². The van der Waals surface area contributed by atoms with E-state index in [0.717, 1.165) is 13.1 Å². The SMILES string of the molecule is CCOC(=O)c1ccc(N2CC3CCC(C2)N3)cc1. The van der Waals surface area contributed by atoms with E-state index >= 15 is 0 Å². The van der Waals surface area contributed by atoms with Crippen molar-refractivity contribution in [1.29, 1.82) is 0 Å². The fourth-order valence-corrected chi connectivity index (χ4v) is 3.03. The molecule has 2 heterocycles. The lowest BCUT2D eigenvalue weighted by Gasteiger charge is -2.34. The molecule has 3 rings (SSSR count). The average molecular weight is 260 g/mol. The molecule has 4 nitrogen and oxygen atoms in total. The van der Waals surface area contributed by atoms with Crippen LogP contribution >= 0.6 is 0 Å². The Kier molecular flexibility index (Phi) is 3.42. The van der Waals surface area contributed by atoms with E-state index in [4.69, 9.17) is 4.74 Å². The summed E-state index contributed by atoms with van der Waals surface area (Å²) in [5.41, 5.74) is 1.83. The maximum Gasteiger partial charge on any atom is 0.338 e. The van der Waals surface area contributed by atoms with E-state index in [1.807, 2.05) is 31.2 Å². The third-order valence-electron chi connectivity index (χ3n) is 3.96. The number of fused-ring (bicyclic) bond motifs is 2. The molecule has 2 bridgehead atoms. The Morgan fingerprint density at radius 1 is 1.26 bits per heavy atom. The molecular formula is C15H20N2O2. The van der Waals surface area contributed by atoms with Crippen molar-refractivity contribution in [3.8, 4) is 0 Å². The van der Waals surface area contributed by atoms with Gasteiger partial charge in [-0.2, -0.15) is 0 Å². The third kappa shape index (κ3) is 2.59. The van der Waals surface area contributed by atoms with Gasteiger partial charge >= 0.3 is 5.97 Å². The minimum absolute atomic E-state index is 0.241. The maximum absolute atomic E-state index is 11.6. The molecule has 2 saturated heterocycles. The number of piperazine rings is 1. The number of rotatable bonds is 3. The quantitative estimate of drug-likeness (QED) is 0.842. The largest absolute Gasteiger partial charge is 0.462 e. The molecule has 0 aliphatic carbocycles. The van der Waals surface area contributed by atoms with Crippen LogP contribution in [0.3, 0.4) is 0 Å². The van der Waals surface area contributed by atoms with E-state index in [1.54, 1.807) is 0 Å². The van der Waals surface area contributed by atoms with Gasteiger partial charge in [-0.05, 0) is 44.0 Å². The standard InChI is InChI=1S/C15H20N2O2/c1-2-19-15(18)11-3-7-14(8-4-11)17-9-12-5-6-13(10-17)16-12/h3-4,7-8,12-13,16H,2,5-6,9-10H2,1H3. The van der Waals surface area contributed by atoms with Gasteiger partial charge in [-0.1, -0.05) is 0 Å². The normalized spacial score (nSPS) is 25.4. The van der Waals surface area contributed by atoms with E-state index in [2.05, 4.69) is 10.2 Å². The first-order valence-corrected chi connectivity index (χ1v) is 7.04. The molecule has 19 heavy (non-hydrogen) atoms. The molecule has 2 unspecified atom stereocenters. The smallest absolute Gasteiger partial charge is 0.338 e. The van der Waals surface area contributed by atoms with Gasteiger partial charge in [0, 0.05) is 30.9 Å². The lowest BCUT2D eigenvalue weighted by molar-refractivity contribution is 0.0526. The number of ether oxygens (including phenoxy) is 1. The summed E-state index contributed by atoms with van der Waals surface area (Å²) < 4.78 is 4.99. The highest BCUT2D eigenvalue weighted by atomic mass is 16.5. The molecule has 2 aliphatic rings. The van der Waals surface area contributed by atoms with Crippen LogP contribution in [0.15, 0.2) is 24.3 Å². The van der Waals surface area contributed by atoms with E-state index in [0.29, 0.717) is 24.3 Å². The summed E-state index contributed by atoms with van der Waals surface area (Å²) >= 11 is 0. The summed E-state index contributed by atoms with van der Waals surface area (Å²) in [5.74, 6) is -0.241. The van der Waals surface area contributed by atoms with E-state index < -0.39 is 0 Å². The molecule has 1 N–H and O–H groups in total. The fourth-order valence-electron chi connectivity index (χ4n) is 3.03. The van der Waals surface area contributed by atoms with Gasteiger partial charge in [-0.15, -0.1) is 0 Å². The molecule has 1 aromatic carbocycles. The van der Waals surface area contributed by atoms with Gasteiger partial charge in [-0.3, -0.25) is 0 Å². The molecule has 0 saturated carbocycles. The van der Waals surface area contributed by atoms with Gasteiger partial charge in [0.1, 0.15) is 0 Å². The molecule has 1 aromatic rings. The number of nitrogens with one attached hydrogen (secondary N) is 1. The van der Waals surface area contributed by atoms with E-state index in [1.165, 1.54) is 18.5 Å². The molecule has 102 valence electrons. The Morgan fingerprint density at radius 3 is 2.47 bits per heavy atom. The highest BCUT2D eigenvalue weighted by molar-refractivity contribution is 5.89. The molecule has 0 aromatic heterocycles. The topological polar surface area (TPSA) is 41.6 Å². The van der Waals surface area contributed by atoms with Crippen molar-refractivity contribution in [3.63, 3.8) is 0 Å². The van der Waals surface area contributed by atoms with Crippen LogP contribution in [0.1, 0.15) is 30.1 Å². The number of hydrogen-bond acceptors (Lipinski definition) is 4. The molecule has 2 atom stereocenters. The predicted molar refractivity (Wildman–Crippen MR) is 74.6 cm³/mol. The number of nitrogens with zero attached hydrogens (tertiary/aromatic N) is 1. The molecule has 0 spiro atoms. The molecule has 0 radical (unpaired) electrons. The van der Waals surface area contributed by atoms with E-state index in [-0.39, 0.29) is 5.97 Å². The van der Waals surface area contributed by atoms with Gasteiger partial charge in [0.2, 0.25) is 0 Å². The fraction of sp³-hybridized carbons (Fsp3) is 0.533. The average Bonchev–Trinajstić information content (AvgIpc) is 2.78. The van der Waals surface area contributed by atoms with Crippen LogP contribution in [0.2, 0.25) is 0 Å². The lowest BCUT2D eigenvalue weighted by Crippen LogP contribution is -2.51. The minimum Gasteiger partial charge on any atom is -0.462 e. The van der Waals surface area contributed by atoms with Crippen LogP contribution < -0.4 is 10.2 Å². The number of benzene rings is 1. The van der Waals surface area contributed by atoms with E-state index in [9.17, 15) is 4.79 Å². The maximum atomic E-state index is 11.6. The summed E-state index contributed by atoms with van der Waals surface area (Å²) in [7, 11) is 0. The van der Waals surface area contributed by atoms with Crippen LogP contribution in [-0.2, 0) is 4.74 Å². The van der Waals surface area contributed by atoms with Crippen molar-refractivity contribution < 1.29 is 9.53 Å². The van der Waals surface area contributed by atoms with Crippen molar-refractivity contribution >= 4 is 11.7 Å². The summed E-state index contributed by atoms with van der Waals surface area (Å²) in [5, 5.41) is 3.62. The van der Waals surface area contributed by atoms with Crippen LogP contribution in [-0.4, -0.2) is 37.7 Å². The number of esters is 1. The van der Waals surface area contributed by atoms with Crippen molar-refractivity contribution in [2.45, 2.75) is 31.8 Å². The second-order valence-corrected chi connectivity index (χ2v) is 5.31.